The third-order valence-corrected chi connectivity index (χ3v) is 17.1. The zero-order chi connectivity index (χ0) is 59.6. The summed E-state index contributed by atoms with van der Waals surface area (Å²) >= 11 is 0. The predicted molar refractivity (Wildman–Crippen MR) is 343 cm³/mol. The van der Waals surface area contributed by atoms with Crippen LogP contribution in [0.1, 0.15) is 355 Å². The summed E-state index contributed by atoms with van der Waals surface area (Å²) in [5, 5.41) is 57.2. The lowest BCUT2D eigenvalue weighted by Crippen LogP contribution is -2.61. The van der Waals surface area contributed by atoms with Crippen molar-refractivity contribution in [1.82, 2.24) is 5.32 Å². The van der Waals surface area contributed by atoms with Gasteiger partial charge in [0.05, 0.1) is 25.4 Å². The van der Waals surface area contributed by atoms with Crippen LogP contribution in [0.15, 0.2) is 24.3 Å². The van der Waals surface area contributed by atoms with Crippen molar-refractivity contribution in [3.8, 4) is 0 Å². The number of allylic oxidation sites excluding steroid dienone is 3. The summed E-state index contributed by atoms with van der Waals surface area (Å²) in [5.74, 6) is -1.18. The number of aliphatic hydroxyl groups is 5. The van der Waals surface area contributed by atoms with E-state index in [0.29, 0.717) is 19.3 Å². The van der Waals surface area contributed by atoms with Gasteiger partial charge in [-0.25, -0.2) is 0 Å². The van der Waals surface area contributed by atoms with E-state index in [-0.39, 0.29) is 13.0 Å². The highest BCUT2D eigenvalue weighted by Crippen LogP contribution is 2.26. The fourth-order valence-electron chi connectivity index (χ4n) is 11.5. The van der Waals surface area contributed by atoms with Gasteiger partial charge in [-0.05, 0) is 51.4 Å². The second-order valence-electron chi connectivity index (χ2n) is 25.0. The van der Waals surface area contributed by atoms with Gasteiger partial charge in [0.2, 0.25) is 5.91 Å². The zero-order valence-corrected chi connectivity index (χ0v) is 53.9. The summed E-state index contributed by atoms with van der Waals surface area (Å²) in [7, 11) is 0. The Balaban J connectivity index is 2.56. The molecule has 0 spiro atoms. The normalized spacial score (nSPS) is 18.7. The lowest BCUT2D eigenvalue weighted by molar-refractivity contribution is -0.305. The molecule has 6 N–H and O–H groups in total. The van der Waals surface area contributed by atoms with Gasteiger partial charge < -0.3 is 45.1 Å². The Morgan fingerprint density at radius 1 is 0.463 bits per heavy atom. The van der Waals surface area contributed by atoms with Gasteiger partial charge in [0.25, 0.3) is 0 Å². The zero-order valence-electron chi connectivity index (χ0n) is 53.9. The highest BCUT2D eigenvalue weighted by Gasteiger charge is 2.47. The molecule has 1 aliphatic rings. The van der Waals surface area contributed by atoms with Crippen LogP contribution in [-0.4, -0.2) is 99.6 Å². The molecule has 0 radical (unpaired) electrons. The Bertz CT molecular complexity index is 1430. The highest BCUT2D eigenvalue weighted by molar-refractivity contribution is 5.80. The monoisotopic (exact) mass is 1160 g/mol. The Kier molecular flexibility index (Phi) is 56.7. The highest BCUT2D eigenvalue weighted by atomic mass is 16.7. The average Bonchev–Trinajstić information content (AvgIpc) is 3.60. The molecule has 1 rings (SSSR count). The third kappa shape index (κ3) is 46.4. The summed E-state index contributed by atoms with van der Waals surface area (Å²) in [6, 6.07) is -1.02. The SMILES string of the molecule is CCCCCCCC/C=C/CCCCCCCCCC(=O)OC1C(OCC(NC(=O)C(O)CCCCCCCCCCCCCCCCCCCCCCCCCC)C(O)/C=C/CCCCCCCCCCCC)OC(CO)C(O)C1O. The molecule has 0 aromatic carbocycles. The first-order valence-corrected chi connectivity index (χ1v) is 35.6. The van der Waals surface area contributed by atoms with Gasteiger partial charge in [0, 0.05) is 6.42 Å². The lowest BCUT2D eigenvalue weighted by Gasteiger charge is -2.41. The van der Waals surface area contributed by atoms with Crippen molar-refractivity contribution >= 4 is 11.9 Å². The van der Waals surface area contributed by atoms with E-state index < -0.39 is 67.4 Å². The second kappa shape index (κ2) is 59.5. The van der Waals surface area contributed by atoms with Gasteiger partial charge in [-0.2, -0.15) is 0 Å². The lowest BCUT2D eigenvalue weighted by atomic mass is 9.99. The van der Waals surface area contributed by atoms with E-state index in [9.17, 15) is 35.1 Å². The van der Waals surface area contributed by atoms with Crippen LogP contribution in [0, 0.1) is 0 Å². The number of aliphatic hydroxyl groups excluding tert-OH is 5. The van der Waals surface area contributed by atoms with Crippen LogP contribution in [0.2, 0.25) is 0 Å². The van der Waals surface area contributed by atoms with Gasteiger partial charge in [0.1, 0.15) is 24.4 Å². The largest absolute Gasteiger partial charge is 0.454 e. The molecule has 11 heteroatoms. The number of hydrogen-bond donors (Lipinski definition) is 6. The molecule has 82 heavy (non-hydrogen) atoms. The van der Waals surface area contributed by atoms with Crippen LogP contribution in [0.25, 0.3) is 0 Å². The second-order valence-corrected chi connectivity index (χ2v) is 25.0. The van der Waals surface area contributed by atoms with Gasteiger partial charge in [-0.15, -0.1) is 0 Å². The minimum atomic E-state index is -1.61. The van der Waals surface area contributed by atoms with E-state index in [1.54, 1.807) is 6.08 Å². The fraction of sp³-hybridized carbons (Fsp3) is 0.915. The van der Waals surface area contributed by atoms with Crippen molar-refractivity contribution < 1.29 is 49.3 Å². The minimum absolute atomic E-state index is 0.123. The van der Waals surface area contributed by atoms with Crippen LogP contribution < -0.4 is 5.32 Å². The summed E-state index contributed by atoms with van der Waals surface area (Å²) in [4.78, 5) is 26.6. The Morgan fingerprint density at radius 3 is 1.18 bits per heavy atom. The number of unbranched alkanes of at least 4 members (excludes halogenated alkanes) is 46. The van der Waals surface area contributed by atoms with Crippen molar-refractivity contribution in [2.75, 3.05) is 13.2 Å². The maximum atomic E-state index is 13.5. The van der Waals surface area contributed by atoms with Gasteiger partial charge in [-0.3, -0.25) is 9.59 Å². The van der Waals surface area contributed by atoms with E-state index >= 15 is 0 Å². The van der Waals surface area contributed by atoms with Gasteiger partial charge >= 0.3 is 5.97 Å². The van der Waals surface area contributed by atoms with Crippen molar-refractivity contribution in [2.45, 2.75) is 404 Å². The molecule has 0 aromatic rings. The summed E-state index contributed by atoms with van der Waals surface area (Å²) in [5.41, 5.74) is 0. The fourth-order valence-corrected chi connectivity index (χ4v) is 11.5. The molecule has 0 saturated carbocycles. The number of nitrogens with one attached hydrogen (secondary N) is 1. The number of carbonyl (C=O) groups excluding carboxylic acids is 2. The molecule has 11 nitrogen and oxygen atoms in total. The summed E-state index contributed by atoms with van der Waals surface area (Å²) < 4.78 is 17.7. The number of carbonyl (C=O) groups is 2. The van der Waals surface area contributed by atoms with Crippen LogP contribution in [-0.2, 0) is 23.8 Å². The molecule has 1 fully saturated rings. The summed E-state index contributed by atoms with van der Waals surface area (Å²) in [6.45, 7) is 5.84. The van der Waals surface area contributed by atoms with Gasteiger partial charge in [0.15, 0.2) is 12.4 Å². The third-order valence-electron chi connectivity index (χ3n) is 17.1. The molecular formula is C71H135NO10. The molecule has 1 saturated heterocycles. The molecule has 0 aromatic heterocycles. The Hall–Kier alpha value is -1.86. The van der Waals surface area contributed by atoms with Crippen LogP contribution >= 0.6 is 0 Å². The molecule has 1 heterocycles. The molecule has 0 aliphatic carbocycles. The van der Waals surface area contributed by atoms with Crippen LogP contribution in [0.5, 0.6) is 0 Å². The standard InChI is InChI=1S/C71H135NO10/c1-4-7-10-13-16-19-22-25-27-29-30-31-32-33-34-35-37-38-40-43-46-49-52-55-58-64(75)70(79)72-62(63(74)57-54-51-48-45-42-24-21-18-15-12-9-6-3)61-80-71-69(68(78)67(77)65(60-73)81-71)82-66(76)59-56-53-50-47-44-41-39-36-28-26-23-20-17-14-11-8-5-2/h26,28,54,57,62-65,67-69,71,73-75,77-78H,4-25,27,29-53,55-56,58-61H2,1-3H3,(H,72,79)/b28-26+,57-54+. The number of rotatable bonds is 62. The Morgan fingerprint density at radius 2 is 0.805 bits per heavy atom. The molecule has 1 aliphatic heterocycles. The molecular weight excluding hydrogens is 1030 g/mol. The molecule has 1 amide bonds. The minimum Gasteiger partial charge on any atom is -0.454 e. The number of ether oxygens (including phenoxy) is 3. The first-order chi connectivity index (χ1) is 40.2. The molecule has 8 unspecified atom stereocenters. The maximum absolute atomic E-state index is 13.5. The predicted octanol–water partition coefficient (Wildman–Crippen LogP) is 18.0. The Labute approximate surface area is 505 Å². The van der Waals surface area contributed by atoms with E-state index in [4.69, 9.17) is 14.2 Å². The average molecular weight is 1160 g/mol. The van der Waals surface area contributed by atoms with E-state index in [0.717, 1.165) is 70.6 Å². The topological polar surface area (TPSA) is 175 Å². The quantitative estimate of drug-likeness (QED) is 0.0195. The van der Waals surface area contributed by atoms with Gasteiger partial charge in [-0.1, -0.05) is 321 Å². The van der Waals surface area contributed by atoms with Crippen molar-refractivity contribution in [2.24, 2.45) is 0 Å². The van der Waals surface area contributed by atoms with E-state index in [2.05, 4.69) is 38.2 Å². The van der Waals surface area contributed by atoms with Crippen molar-refractivity contribution in [3.05, 3.63) is 24.3 Å². The van der Waals surface area contributed by atoms with E-state index in [1.807, 2.05) is 6.08 Å². The molecule has 0 bridgehead atoms. The number of amides is 1. The first-order valence-electron chi connectivity index (χ1n) is 35.6. The van der Waals surface area contributed by atoms with Crippen LogP contribution in [0.4, 0.5) is 0 Å². The maximum Gasteiger partial charge on any atom is 0.306 e. The van der Waals surface area contributed by atoms with Crippen molar-refractivity contribution in [1.29, 1.82) is 0 Å². The van der Waals surface area contributed by atoms with E-state index in [1.165, 1.54) is 238 Å². The molecule has 484 valence electrons. The molecule has 8 atom stereocenters. The summed E-state index contributed by atoms with van der Waals surface area (Å²) in [6.07, 6.45) is 60.8. The number of hydrogen-bond acceptors (Lipinski definition) is 10. The van der Waals surface area contributed by atoms with Crippen LogP contribution in [0.3, 0.4) is 0 Å². The smallest absolute Gasteiger partial charge is 0.306 e. The first kappa shape index (κ1) is 78.2. The van der Waals surface area contributed by atoms with Crippen molar-refractivity contribution in [3.63, 3.8) is 0 Å². The number of esters is 1.